The molecular weight excluding hydrogens is 709 g/mol. The largest absolute Gasteiger partial charge is 0.347 e. The molecule has 0 amide bonds. The third-order valence-corrected chi connectivity index (χ3v) is 12.2. The number of nitrogens with zero attached hydrogens (tertiary/aromatic N) is 2. The van der Waals surface area contributed by atoms with Gasteiger partial charge in [-0.3, -0.25) is 4.98 Å². The molecule has 1 aromatic heterocycles. The fraction of sp³-hybridized carbons (Fsp3) is 0.759. The summed E-state index contributed by atoms with van der Waals surface area (Å²) < 4.78 is 13.6. The van der Waals surface area contributed by atoms with Crippen molar-refractivity contribution < 1.29 is 9.47 Å². The Bertz CT molecular complexity index is 1140. The summed E-state index contributed by atoms with van der Waals surface area (Å²) in [5.41, 5.74) is 1.53. The number of aromatic nitrogens is 1. The molecule has 2 heterocycles. The lowest BCUT2D eigenvalue weighted by Crippen LogP contribution is -2.33. The standard InChI is InChI=1S/C54H94N2O2/c1-7-9-11-13-15-17-19-21-23-25-27-29-31-33-35-37-42-54(43-38-36-34-32-30-28-26-24-22-20-18-16-14-12-10-8-2)57-49-52(58-54)41-46-56(6)48-50(3)47-53(4,5)51-39-44-55-45-40-51/h15-18,21-24,39-40,44-45,50,52H,7-14,19-20,25-38,41-43,46-49H2,1-6H3/b17-15-,18-16-,23-21-,24-22-/t50-,52?/m0/s1. The lowest BCUT2D eigenvalue weighted by atomic mass is 9.78. The minimum atomic E-state index is -0.365. The van der Waals surface area contributed by atoms with Crippen LogP contribution in [0.5, 0.6) is 0 Å². The topological polar surface area (TPSA) is 34.6 Å². The van der Waals surface area contributed by atoms with E-state index < -0.39 is 0 Å². The number of ether oxygens (including phenoxy) is 2. The van der Waals surface area contributed by atoms with Gasteiger partial charge in [0.1, 0.15) is 0 Å². The molecule has 1 unspecified atom stereocenters. The molecule has 0 aromatic carbocycles. The number of unbranched alkanes of at least 4 members (excludes halogenated alkanes) is 18. The van der Waals surface area contributed by atoms with Gasteiger partial charge in [-0.1, -0.05) is 160 Å². The van der Waals surface area contributed by atoms with Crippen molar-refractivity contribution in [3.63, 3.8) is 0 Å². The second-order valence-corrected chi connectivity index (χ2v) is 18.6. The number of hydrogen-bond acceptors (Lipinski definition) is 4. The highest BCUT2D eigenvalue weighted by Gasteiger charge is 2.40. The maximum Gasteiger partial charge on any atom is 0.168 e. The quantitative estimate of drug-likeness (QED) is 0.0493. The highest BCUT2D eigenvalue weighted by molar-refractivity contribution is 5.20. The maximum atomic E-state index is 6.91. The summed E-state index contributed by atoms with van der Waals surface area (Å²) in [6, 6.07) is 4.35. The van der Waals surface area contributed by atoms with E-state index in [1.54, 1.807) is 0 Å². The molecule has 1 aromatic rings. The number of rotatable bonds is 38. The molecule has 2 rings (SSSR count). The molecule has 0 saturated carbocycles. The van der Waals surface area contributed by atoms with Gasteiger partial charge >= 0.3 is 0 Å². The van der Waals surface area contributed by atoms with Crippen LogP contribution in [0.3, 0.4) is 0 Å². The molecule has 1 aliphatic heterocycles. The Kier molecular flexibility index (Phi) is 31.2. The van der Waals surface area contributed by atoms with E-state index in [1.165, 1.54) is 147 Å². The number of allylic oxidation sites excluding steroid dienone is 8. The Morgan fingerprint density at radius 1 is 0.672 bits per heavy atom. The van der Waals surface area contributed by atoms with Crippen LogP contribution in [0.15, 0.2) is 73.1 Å². The van der Waals surface area contributed by atoms with Gasteiger partial charge in [0, 0.05) is 38.3 Å². The molecule has 58 heavy (non-hydrogen) atoms. The van der Waals surface area contributed by atoms with Crippen LogP contribution in [0.2, 0.25) is 0 Å². The minimum Gasteiger partial charge on any atom is -0.347 e. The first-order valence-electron chi connectivity index (χ1n) is 24.8. The zero-order valence-corrected chi connectivity index (χ0v) is 39.2. The Hall–Kier alpha value is -2.01. The lowest BCUT2D eigenvalue weighted by molar-refractivity contribution is -0.180. The first-order valence-corrected chi connectivity index (χ1v) is 24.8. The fourth-order valence-electron chi connectivity index (χ4n) is 8.76. The molecule has 2 atom stereocenters. The smallest absolute Gasteiger partial charge is 0.168 e. The van der Waals surface area contributed by atoms with Crippen molar-refractivity contribution in [3.8, 4) is 0 Å². The Labute approximate surface area is 361 Å². The Balaban J connectivity index is 1.70. The Morgan fingerprint density at radius 2 is 1.12 bits per heavy atom. The molecule has 4 nitrogen and oxygen atoms in total. The summed E-state index contributed by atoms with van der Waals surface area (Å²) in [4.78, 5) is 6.74. The normalized spacial score (nSPS) is 16.7. The van der Waals surface area contributed by atoms with Gasteiger partial charge in [-0.15, -0.1) is 0 Å². The van der Waals surface area contributed by atoms with Gasteiger partial charge in [0.15, 0.2) is 5.79 Å². The molecule has 1 fully saturated rings. The van der Waals surface area contributed by atoms with Gasteiger partial charge in [-0.05, 0) is 126 Å². The third-order valence-electron chi connectivity index (χ3n) is 12.2. The van der Waals surface area contributed by atoms with Crippen molar-refractivity contribution in [1.82, 2.24) is 9.88 Å². The van der Waals surface area contributed by atoms with Crippen LogP contribution >= 0.6 is 0 Å². The molecule has 0 aliphatic carbocycles. The average Bonchev–Trinajstić information content (AvgIpc) is 3.62. The van der Waals surface area contributed by atoms with Crippen molar-refractivity contribution in [2.75, 3.05) is 26.7 Å². The van der Waals surface area contributed by atoms with Gasteiger partial charge in [-0.25, -0.2) is 0 Å². The molecule has 1 aliphatic rings. The van der Waals surface area contributed by atoms with Crippen molar-refractivity contribution in [2.24, 2.45) is 5.92 Å². The van der Waals surface area contributed by atoms with E-state index >= 15 is 0 Å². The first-order chi connectivity index (χ1) is 28.3. The van der Waals surface area contributed by atoms with Crippen LogP contribution in [-0.2, 0) is 14.9 Å². The SMILES string of the molecule is CCCCC/C=C\C/C=C\CCCCCCCCC1(CCCCCCCC/C=C\C/C=C\CCCCC)OCC(CCN(C)C[C@@H](C)CC(C)(C)c2ccncc2)O1. The van der Waals surface area contributed by atoms with Crippen LogP contribution in [0.4, 0.5) is 0 Å². The Morgan fingerprint density at radius 3 is 1.60 bits per heavy atom. The molecule has 332 valence electrons. The molecule has 0 radical (unpaired) electrons. The molecule has 1 saturated heterocycles. The number of hydrogen-bond donors (Lipinski definition) is 0. The molecule has 0 spiro atoms. The van der Waals surface area contributed by atoms with Crippen LogP contribution in [0.1, 0.15) is 220 Å². The monoisotopic (exact) mass is 803 g/mol. The minimum absolute atomic E-state index is 0.148. The summed E-state index contributed by atoms with van der Waals surface area (Å²) in [5, 5.41) is 0. The summed E-state index contributed by atoms with van der Waals surface area (Å²) in [6.07, 6.45) is 58.0. The van der Waals surface area contributed by atoms with Gasteiger partial charge in [0.25, 0.3) is 0 Å². The highest BCUT2D eigenvalue weighted by atomic mass is 16.7. The average molecular weight is 803 g/mol. The van der Waals surface area contributed by atoms with Crippen LogP contribution in [0.25, 0.3) is 0 Å². The van der Waals surface area contributed by atoms with E-state index in [1.807, 2.05) is 12.4 Å². The van der Waals surface area contributed by atoms with Gasteiger partial charge in [-0.2, -0.15) is 0 Å². The third kappa shape index (κ3) is 27.0. The van der Waals surface area contributed by atoms with Crippen molar-refractivity contribution in [1.29, 1.82) is 0 Å². The lowest BCUT2D eigenvalue weighted by Gasteiger charge is -2.31. The maximum absolute atomic E-state index is 6.91. The molecule has 4 heteroatoms. The van der Waals surface area contributed by atoms with E-state index in [4.69, 9.17) is 9.47 Å². The van der Waals surface area contributed by atoms with Gasteiger partial charge in [0.05, 0.1) is 12.7 Å². The first kappa shape index (κ1) is 52.1. The van der Waals surface area contributed by atoms with Crippen LogP contribution in [0, 0.1) is 5.92 Å². The fourth-order valence-corrected chi connectivity index (χ4v) is 8.76. The van der Waals surface area contributed by atoms with Crippen molar-refractivity contribution in [3.05, 3.63) is 78.7 Å². The van der Waals surface area contributed by atoms with E-state index in [0.717, 1.165) is 58.2 Å². The second kappa shape index (κ2) is 34.7. The summed E-state index contributed by atoms with van der Waals surface area (Å²) in [5.74, 6) is 0.246. The van der Waals surface area contributed by atoms with E-state index in [2.05, 4.69) is 112 Å². The second-order valence-electron chi connectivity index (χ2n) is 18.6. The summed E-state index contributed by atoms with van der Waals surface area (Å²) in [6.45, 7) is 14.6. The zero-order valence-electron chi connectivity index (χ0n) is 39.2. The highest BCUT2D eigenvalue weighted by Crippen LogP contribution is 2.36. The van der Waals surface area contributed by atoms with E-state index in [9.17, 15) is 0 Å². The molecule has 0 bridgehead atoms. The number of pyridine rings is 1. The molecular formula is C54H94N2O2. The van der Waals surface area contributed by atoms with E-state index in [0.29, 0.717) is 5.92 Å². The van der Waals surface area contributed by atoms with Crippen LogP contribution < -0.4 is 0 Å². The predicted molar refractivity (Wildman–Crippen MR) is 255 cm³/mol. The van der Waals surface area contributed by atoms with E-state index in [-0.39, 0.29) is 17.3 Å². The summed E-state index contributed by atoms with van der Waals surface area (Å²) in [7, 11) is 2.28. The van der Waals surface area contributed by atoms with Crippen molar-refractivity contribution in [2.45, 2.75) is 232 Å². The predicted octanol–water partition coefficient (Wildman–Crippen LogP) is 16.2. The van der Waals surface area contributed by atoms with Crippen LogP contribution in [-0.4, -0.2) is 48.5 Å². The van der Waals surface area contributed by atoms with Gasteiger partial charge < -0.3 is 14.4 Å². The summed E-state index contributed by atoms with van der Waals surface area (Å²) >= 11 is 0. The van der Waals surface area contributed by atoms with Gasteiger partial charge in [0.2, 0.25) is 0 Å². The zero-order chi connectivity index (χ0) is 41.8. The molecule has 0 N–H and O–H groups in total. The van der Waals surface area contributed by atoms with Crippen molar-refractivity contribution >= 4 is 0 Å².